The first kappa shape index (κ1) is 19.4. The average Bonchev–Trinajstić information content (AvgIpc) is 2.62. The third kappa shape index (κ3) is 7.34. The molecular weight excluding hydrogens is 379 g/mol. The topological polar surface area (TPSA) is 76.7 Å². The predicted octanol–water partition coefficient (Wildman–Crippen LogP) is 4.79. The van der Waals surface area contributed by atoms with Gasteiger partial charge < -0.3 is 9.47 Å². The molecule has 26 heavy (non-hydrogen) atoms. The number of hydrogen-bond acceptors (Lipinski definition) is 4. The van der Waals surface area contributed by atoms with Gasteiger partial charge in [0.1, 0.15) is 0 Å². The zero-order chi connectivity index (χ0) is 18.8. The Kier molecular flexibility index (Phi) is 7.62. The van der Waals surface area contributed by atoms with Crippen LogP contribution in [0.1, 0.15) is 0 Å². The van der Waals surface area contributed by atoms with Crippen molar-refractivity contribution in [2.24, 2.45) is 0 Å². The summed E-state index contributed by atoms with van der Waals surface area (Å²) < 4.78 is 9.73. The highest BCUT2D eigenvalue weighted by atomic mass is 35.5. The van der Waals surface area contributed by atoms with Crippen molar-refractivity contribution < 1.29 is 19.1 Å². The van der Waals surface area contributed by atoms with Gasteiger partial charge in [-0.1, -0.05) is 35.0 Å². The second kappa shape index (κ2) is 10.2. The lowest BCUT2D eigenvalue weighted by molar-refractivity contribution is 0.173. The fraction of sp³-hybridized carbons (Fsp3) is 0.111. The zero-order valence-corrected chi connectivity index (χ0v) is 14.9. The van der Waals surface area contributed by atoms with Crippen molar-refractivity contribution >= 4 is 46.8 Å². The average molecular weight is 393 g/mol. The molecule has 0 saturated heterocycles. The molecule has 2 rings (SSSR count). The Morgan fingerprint density at radius 1 is 0.731 bits per heavy atom. The molecule has 8 heteroatoms. The summed E-state index contributed by atoms with van der Waals surface area (Å²) in [6, 6.07) is 13.1. The summed E-state index contributed by atoms with van der Waals surface area (Å²) in [4.78, 5) is 23.1. The lowest BCUT2D eigenvalue weighted by atomic mass is 10.3. The van der Waals surface area contributed by atoms with Crippen LogP contribution in [0.4, 0.5) is 21.0 Å². The van der Waals surface area contributed by atoms with Crippen molar-refractivity contribution in [1.29, 1.82) is 0 Å². The quantitative estimate of drug-likeness (QED) is 0.732. The van der Waals surface area contributed by atoms with Gasteiger partial charge in [0.25, 0.3) is 0 Å². The monoisotopic (exact) mass is 392 g/mol. The van der Waals surface area contributed by atoms with Crippen LogP contribution in [0.2, 0.25) is 10.0 Å². The molecule has 0 heterocycles. The molecule has 2 N–H and O–H groups in total. The summed E-state index contributed by atoms with van der Waals surface area (Å²) in [7, 11) is 0. The van der Waals surface area contributed by atoms with Crippen molar-refractivity contribution in [3.8, 4) is 11.8 Å². The van der Waals surface area contributed by atoms with Crippen LogP contribution < -0.4 is 10.6 Å². The molecule has 2 amide bonds. The van der Waals surface area contributed by atoms with Gasteiger partial charge in [-0.05, 0) is 48.5 Å². The van der Waals surface area contributed by atoms with Gasteiger partial charge in [0, 0.05) is 21.4 Å². The number of anilines is 2. The van der Waals surface area contributed by atoms with Crippen LogP contribution in [0.25, 0.3) is 0 Å². The number of carbonyl (C=O) groups is 2. The molecule has 0 aromatic heterocycles. The van der Waals surface area contributed by atoms with Crippen molar-refractivity contribution in [2.75, 3.05) is 23.8 Å². The van der Waals surface area contributed by atoms with E-state index in [1.165, 1.54) is 0 Å². The number of benzene rings is 2. The van der Waals surface area contributed by atoms with Gasteiger partial charge in [0.05, 0.1) is 0 Å². The number of hydrogen-bond donors (Lipinski definition) is 2. The van der Waals surface area contributed by atoms with E-state index in [4.69, 9.17) is 32.7 Å². The number of carbonyl (C=O) groups excluding carboxylic acids is 2. The molecule has 0 spiro atoms. The number of amides is 2. The highest BCUT2D eigenvalue weighted by Crippen LogP contribution is 2.14. The molecule has 0 saturated carbocycles. The van der Waals surface area contributed by atoms with Crippen LogP contribution in [0, 0.1) is 11.8 Å². The SMILES string of the molecule is O=C(Nc1ccc(Cl)cc1)OCC#CCOC(=O)Nc1ccc(Cl)cc1. The third-order valence-electron chi connectivity index (χ3n) is 2.86. The van der Waals surface area contributed by atoms with Crippen molar-refractivity contribution in [3.05, 3.63) is 58.6 Å². The molecule has 0 atom stereocenters. The lowest BCUT2D eigenvalue weighted by Gasteiger charge is -2.05. The Morgan fingerprint density at radius 2 is 1.08 bits per heavy atom. The maximum Gasteiger partial charge on any atom is 0.412 e. The van der Waals surface area contributed by atoms with Gasteiger partial charge in [-0.2, -0.15) is 0 Å². The van der Waals surface area contributed by atoms with Gasteiger partial charge in [0.2, 0.25) is 0 Å². The Morgan fingerprint density at radius 3 is 1.42 bits per heavy atom. The summed E-state index contributed by atoms with van der Waals surface area (Å²) in [5, 5.41) is 6.16. The summed E-state index contributed by atoms with van der Waals surface area (Å²) in [5.41, 5.74) is 1.10. The van der Waals surface area contributed by atoms with Gasteiger partial charge in [-0.25, -0.2) is 9.59 Å². The first-order chi connectivity index (χ1) is 12.5. The smallest absolute Gasteiger partial charge is 0.412 e. The fourth-order valence-electron chi connectivity index (χ4n) is 1.68. The van der Waals surface area contributed by atoms with Crippen LogP contribution >= 0.6 is 23.2 Å². The van der Waals surface area contributed by atoms with E-state index in [0.717, 1.165) is 0 Å². The van der Waals surface area contributed by atoms with E-state index < -0.39 is 12.2 Å². The van der Waals surface area contributed by atoms with E-state index in [0.29, 0.717) is 21.4 Å². The van der Waals surface area contributed by atoms with Gasteiger partial charge in [0.15, 0.2) is 13.2 Å². The standard InChI is InChI=1S/C18H14Cl2N2O4/c19-13-3-7-15(8-4-13)21-17(23)25-11-1-2-12-26-18(24)22-16-9-5-14(20)6-10-16/h3-10H,11-12H2,(H,21,23)(H,22,24). The van der Waals surface area contributed by atoms with Crippen LogP contribution in [0.5, 0.6) is 0 Å². The van der Waals surface area contributed by atoms with E-state index in [-0.39, 0.29) is 13.2 Å². The fourth-order valence-corrected chi connectivity index (χ4v) is 1.93. The molecule has 2 aromatic rings. The Bertz CT molecular complexity index is 744. The highest BCUT2D eigenvalue weighted by Gasteiger charge is 2.02. The molecule has 0 aliphatic heterocycles. The minimum atomic E-state index is -0.650. The van der Waals surface area contributed by atoms with E-state index in [1.807, 2.05) is 0 Å². The Hall–Kier alpha value is -2.88. The van der Waals surface area contributed by atoms with Gasteiger partial charge in [-0.3, -0.25) is 10.6 Å². The first-order valence-corrected chi connectivity index (χ1v) is 8.13. The number of rotatable bonds is 4. The van der Waals surface area contributed by atoms with E-state index in [2.05, 4.69) is 22.5 Å². The van der Waals surface area contributed by atoms with Crippen LogP contribution in [0.3, 0.4) is 0 Å². The molecule has 0 unspecified atom stereocenters. The Balaban J connectivity index is 1.62. The van der Waals surface area contributed by atoms with Crippen LogP contribution in [-0.4, -0.2) is 25.4 Å². The van der Waals surface area contributed by atoms with E-state index in [9.17, 15) is 9.59 Å². The number of halogens is 2. The minimum absolute atomic E-state index is 0.137. The van der Waals surface area contributed by atoms with Crippen LogP contribution in [-0.2, 0) is 9.47 Å². The molecule has 0 aliphatic carbocycles. The van der Waals surface area contributed by atoms with E-state index in [1.54, 1.807) is 48.5 Å². The second-order valence-corrected chi connectivity index (χ2v) is 5.64. The van der Waals surface area contributed by atoms with Crippen molar-refractivity contribution in [3.63, 3.8) is 0 Å². The zero-order valence-electron chi connectivity index (χ0n) is 13.4. The third-order valence-corrected chi connectivity index (χ3v) is 3.36. The minimum Gasteiger partial charge on any atom is -0.436 e. The summed E-state index contributed by atoms with van der Waals surface area (Å²) in [6.45, 7) is -0.275. The molecule has 2 aromatic carbocycles. The Labute approximate surface area is 160 Å². The molecule has 0 bridgehead atoms. The van der Waals surface area contributed by atoms with Crippen LogP contribution in [0.15, 0.2) is 48.5 Å². The molecule has 134 valence electrons. The maximum absolute atomic E-state index is 11.5. The van der Waals surface area contributed by atoms with Gasteiger partial charge >= 0.3 is 12.2 Å². The molecule has 6 nitrogen and oxygen atoms in total. The summed E-state index contributed by atoms with van der Waals surface area (Å²) in [5.74, 6) is 5.12. The van der Waals surface area contributed by atoms with Gasteiger partial charge in [-0.15, -0.1) is 0 Å². The molecule has 0 fully saturated rings. The maximum atomic E-state index is 11.5. The normalized spacial score (nSPS) is 9.46. The number of nitrogens with one attached hydrogen (secondary N) is 2. The summed E-state index contributed by atoms with van der Waals surface area (Å²) in [6.07, 6.45) is -1.30. The second-order valence-electron chi connectivity index (χ2n) is 4.77. The molecular formula is C18H14Cl2N2O4. The predicted molar refractivity (Wildman–Crippen MR) is 101 cm³/mol. The van der Waals surface area contributed by atoms with Crippen molar-refractivity contribution in [1.82, 2.24) is 0 Å². The first-order valence-electron chi connectivity index (χ1n) is 7.37. The number of ether oxygens (including phenoxy) is 2. The highest BCUT2D eigenvalue weighted by molar-refractivity contribution is 6.30. The van der Waals surface area contributed by atoms with E-state index >= 15 is 0 Å². The van der Waals surface area contributed by atoms with Crippen molar-refractivity contribution in [2.45, 2.75) is 0 Å². The molecule has 0 radical (unpaired) electrons. The lowest BCUT2D eigenvalue weighted by Crippen LogP contribution is -2.14. The molecule has 0 aliphatic rings. The summed E-state index contributed by atoms with van der Waals surface area (Å²) >= 11 is 11.5. The largest absolute Gasteiger partial charge is 0.436 e.